The van der Waals surface area contributed by atoms with Crippen molar-refractivity contribution >= 4 is 16.6 Å². The molecule has 0 fully saturated rings. The van der Waals surface area contributed by atoms with Gasteiger partial charge in [0.15, 0.2) is 0 Å². The lowest BCUT2D eigenvalue weighted by atomic mass is 10.2. The van der Waals surface area contributed by atoms with Gasteiger partial charge in [-0.2, -0.15) is 0 Å². The molecule has 1 nitrogen and oxygen atoms in total. The van der Waals surface area contributed by atoms with Crippen LogP contribution >= 0.6 is 0 Å². The van der Waals surface area contributed by atoms with Crippen molar-refractivity contribution in [2.24, 2.45) is 0 Å². The highest BCUT2D eigenvalue weighted by Crippen LogP contribution is 1.97. The lowest BCUT2D eigenvalue weighted by Gasteiger charge is -1.85. The fraction of sp³-hybridized carbons (Fsp3) is 0. The van der Waals surface area contributed by atoms with Crippen LogP contribution in [0.1, 0.15) is 5.56 Å². The van der Waals surface area contributed by atoms with E-state index in [1.807, 2.05) is 36.4 Å². The van der Waals surface area contributed by atoms with E-state index < -0.39 is 0 Å². The van der Waals surface area contributed by atoms with Crippen molar-refractivity contribution in [3.8, 4) is 0 Å². The van der Waals surface area contributed by atoms with Gasteiger partial charge in [-0.25, -0.2) is 0 Å². The first-order valence-corrected chi connectivity index (χ1v) is 3.95. The maximum Gasteiger partial charge on any atom is 0.141 e. The molecule has 0 aliphatic heterocycles. The van der Waals surface area contributed by atoms with Crippen LogP contribution in [0.15, 0.2) is 36.9 Å². The molecule has 0 aliphatic carbocycles. The van der Waals surface area contributed by atoms with Gasteiger partial charge in [0.1, 0.15) is 10.5 Å². The number of hydrogen-bond acceptors (Lipinski definition) is 1. The third-order valence-corrected chi connectivity index (χ3v) is 1.04. The first-order valence-electron chi connectivity index (χ1n) is 3.05. The second-order valence-corrected chi connectivity index (χ2v) is 1.61. The molecule has 54 valence electrons. The van der Waals surface area contributed by atoms with E-state index in [1.54, 1.807) is 0 Å². The van der Waals surface area contributed by atoms with Crippen LogP contribution in [0.4, 0.5) is 0 Å². The summed E-state index contributed by atoms with van der Waals surface area (Å²) in [4.78, 5) is 7.14. The van der Waals surface area contributed by atoms with E-state index in [1.165, 1.54) is 5.56 Å². The van der Waals surface area contributed by atoms with Gasteiger partial charge in [0.2, 0.25) is 0 Å². The van der Waals surface area contributed by atoms with Gasteiger partial charge in [0, 0.05) is 0 Å². The summed E-state index contributed by atoms with van der Waals surface area (Å²) in [6.07, 6.45) is 1.83. The van der Waals surface area contributed by atoms with Crippen molar-refractivity contribution in [3.63, 3.8) is 0 Å². The zero-order valence-corrected chi connectivity index (χ0v) is 8.12. The quantitative estimate of drug-likeness (QED) is 0.584. The number of rotatable bonds is 1. The van der Waals surface area contributed by atoms with Crippen LogP contribution in [0.2, 0.25) is 0 Å². The Morgan fingerprint density at radius 1 is 1.20 bits per heavy atom. The zero-order chi connectivity index (χ0) is 7.82. The molecule has 2 heteroatoms. The molecule has 0 heterocycles. The van der Waals surface area contributed by atoms with Gasteiger partial charge < -0.3 is 4.80 Å². The molecule has 1 aromatic rings. The van der Waals surface area contributed by atoms with E-state index in [0.717, 1.165) is 0 Å². The summed E-state index contributed by atoms with van der Waals surface area (Å²) in [5, 5.41) is 0. The predicted molar refractivity (Wildman–Crippen MR) is 48.7 cm³/mol. The van der Waals surface area contributed by atoms with Gasteiger partial charge in [-0.3, -0.25) is 0 Å². The standard InChI is InChI=1S/C8H8.H4OSi/c1-2-8-6-4-3-5-7-8;1-2/h2-7H,1H2;1H,2H3. The molecule has 0 aromatic heterocycles. The maximum absolute atomic E-state index is 7.14. The Balaban J connectivity index is 0.000000371. The summed E-state index contributed by atoms with van der Waals surface area (Å²) in [6, 6.07) is 10.0. The van der Waals surface area contributed by atoms with Gasteiger partial charge in [-0.05, 0) is 5.56 Å². The molecule has 0 saturated heterocycles. The molecule has 0 saturated carbocycles. The number of benzene rings is 1. The second kappa shape index (κ2) is 6.26. The molecule has 1 N–H and O–H groups in total. The molecular formula is C8H12OSi. The van der Waals surface area contributed by atoms with E-state index in [-0.39, 0.29) is 0 Å². The lowest BCUT2D eigenvalue weighted by molar-refractivity contribution is 0.629. The van der Waals surface area contributed by atoms with Gasteiger partial charge in [0.25, 0.3) is 0 Å². The SMILES string of the molecule is C=Cc1ccccc1.O[SiH3]. The molecular weight excluding hydrogens is 140 g/mol. The topological polar surface area (TPSA) is 20.2 Å². The smallest absolute Gasteiger partial charge is 0.141 e. The first kappa shape index (κ1) is 9.14. The molecule has 0 radical (unpaired) electrons. The maximum atomic E-state index is 7.14. The fourth-order valence-electron chi connectivity index (χ4n) is 0.589. The molecule has 10 heavy (non-hydrogen) atoms. The van der Waals surface area contributed by atoms with Gasteiger partial charge in [-0.15, -0.1) is 0 Å². The van der Waals surface area contributed by atoms with Gasteiger partial charge in [-0.1, -0.05) is 43.0 Å². The second-order valence-electron chi connectivity index (χ2n) is 1.61. The molecule has 0 bridgehead atoms. The van der Waals surface area contributed by atoms with Crippen molar-refractivity contribution in [2.45, 2.75) is 0 Å². The third-order valence-electron chi connectivity index (χ3n) is 1.04. The minimum absolute atomic E-state index is 0.306. The first-order chi connectivity index (χ1) is 4.93. The third kappa shape index (κ3) is 3.22. The Kier molecular flexibility index (Phi) is 5.72. The monoisotopic (exact) mass is 152 g/mol. The van der Waals surface area contributed by atoms with Gasteiger partial charge in [0.05, 0.1) is 0 Å². The minimum atomic E-state index is 0.306. The summed E-state index contributed by atoms with van der Waals surface area (Å²) >= 11 is 0. The molecule has 0 aliphatic rings. The Morgan fingerprint density at radius 2 is 1.70 bits per heavy atom. The van der Waals surface area contributed by atoms with Crippen molar-refractivity contribution in [1.29, 1.82) is 0 Å². The molecule has 1 aromatic carbocycles. The van der Waals surface area contributed by atoms with Crippen molar-refractivity contribution < 1.29 is 4.80 Å². The summed E-state index contributed by atoms with van der Waals surface area (Å²) in [7, 11) is 0.306. The Bertz CT molecular complexity index is 172. The molecule has 1 rings (SSSR count). The van der Waals surface area contributed by atoms with Crippen LogP contribution in [0.5, 0.6) is 0 Å². The van der Waals surface area contributed by atoms with E-state index in [4.69, 9.17) is 4.80 Å². The van der Waals surface area contributed by atoms with Crippen LogP contribution in [0, 0.1) is 0 Å². The van der Waals surface area contributed by atoms with E-state index in [0.29, 0.717) is 10.5 Å². The van der Waals surface area contributed by atoms with Crippen LogP contribution in [-0.4, -0.2) is 15.3 Å². The normalized spacial score (nSPS) is 7.70. The van der Waals surface area contributed by atoms with E-state index in [2.05, 4.69) is 6.58 Å². The zero-order valence-electron chi connectivity index (χ0n) is 6.12. The molecule has 0 amide bonds. The Labute approximate surface area is 64.6 Å². The van der Waals surface area contributed by atoms with E-state index >= 15 is 0 Å². The van der Waals surface area contributed by atoms with Crippen LogP contribution < -0.4 is 0 Å². The minimum Gasteiger partial charge on any atom is -0.442 e. The largest absolute Gasteiger partial charge is 0.442 e. The van der Waals surface area contributed by atoms with Crippen molar-refractivity contribution in [1.82, 2.24) is 0 Å². The highest BCUT2D eigenvalue weighted by Gasteiger charge is 1.75. The van der Waals surface area contributed by atoms with Crippen LogP contribution in [-0.2, 0) is 0 Å². The van der Waals surface area contributed by atoms with Gasteiger partial charge >= 0.3 is 0 Å². The van der Waals surface area contributed by atoms with Crippen LogP contribution in [0.25, 0.3) is 6.08 Å². The summed E-state index contributed by atoms with van der Waals surface area (Å²) < 4.78 is 0. The predicted octanol–water partition coefficient (Wildman–Crippen LogP) is 0.589. The Hall–Kier alpha value is -0.863. The summed E-state index contributed by atoms with van der Waals surface area (Å²) in [5.41, 5.74) is 1.17. The highest BCUT2D eigenvalue weighted by atomic mass is 28.2. The Morgan fingerprint density at radius 3 is 2.00 bits per heavy atom. The molecule has 0 unspecified atom stereocenters. The molecule has 0 spiro atoms. The van der Waals surface area contributed by atoms with Crippen molar-refractivity contribution in [3.05, 3.63) is 42.5 Å². The molecule has 0 atom stereocenters. The fourth-order valence-corrected chi connectivity index (χ4v) is 0.589. The van der Waals surface area contributed by atoms with Crippen LogP contribution in [0.3, 0.4) is 0 Å². The average molecular weight is 152 g/mol. The summed E-state index contributed by atoms with van der Waals surface area (Å²) in [5.74, 6) is 0. The highest BCUT2D eigenvalue weighted by molar-refractivity contribution is 5.95. The average Bonchev–Trinajstić information content (AvgIpc) is 2.10. The summed E-state index contributed by atoms with van der Waals surface area (Å²) in [6.45, 7) is 3.63. The lowest BCUT2D eigenvalue weighted by Crippen LogP contribution is -1.63. The van der Waals surface area contributed by atoms with Crippen molar-refractivity contribution in [2.75, 3.05) is 0 Å². The number of hydrogen-bond donors (Lipinski definition) is 1. The van der Waals surface area contributed by atoms with E-state index in [9.17, 15) is 0 Å².